The molecule has 0 saturated heterocycles. The van der Waals surface area contributed by atoms with Crippen molar-refractivity contribution in [3.8, 4) is 5.75 Å². The van der Waals surface area contributed by atoms with Crippen LogP contribution in [0, 0.1) is 0 Å². The lowest BCUT2D eigenvalue weighted by molar-refractivity contribution is -0.123. The van der Waals surface area contributed by atoms with Gasteiger partial charge in [-0.3, -0.25) is 25.2 Å². The van der Waals surface area contributed by atoms with E-state index in [0.717, 1.165) is 5.56 Å². The van der Waals surface area contributed by atoms with Gasteiger partial charge < -0.3 is 10.1 Å². The summed E-state index contributed by atoms with van der Waals surface area (Å²) in [6.07, 6.45) is 0. The number of hydrogen-bond acceptors (Lipinski definition) is 6. The first kappa shape index (κ1) is 23.2. The number of amides is 2. The molecular weight excluding hydrogens is 446 g/mol. The molecule has 2 amide bonds. The molecule has 3 aromatic carbocycles. The third-order valence-corrected chi connectivity index (χ3v) is 5.35. The molecular formula is C26H23N5O4. The molecule has 0 radical (unpaired) electrons. The van der Waals surface area contributed by atoms with Crippen LogP contribution in [-0.2, 0) is 4.79 Å². The van der Waals surface area contributed by atoms with Gasteiger partial charge in [0.15, 0.2) is 6.04 Å². The third-order valence-electron chi connectivity index (χ3n) is 5.35. The van der Waals surface area contributed by atoms with Crippen molar-refractivity contribution >= 4 is 28.3 Å². The zero-order chi connectivity index (χ0) is 24.8. The number of carbonyl (C=O) groups is 2. The Hall–Kier alpha value is -4.92. The Morgan fingerprint density at radius 1 is 0.886 bits per heavy atom. The molecule has 4 aromatic rings. The molecule has 0 aliphatic carbocycles. The number of hydrazine groups is 1. The number of nitrogens with zero attached hydrogens (tertiary/aromatic N) is 1. The van der Waals surface area contributed by atoms with E-state index in [1.165, 1.54) is 0 Å². The second-order valence-corrected chi connectivity index (χ2v) is 7.58. The molecule has 176 valence electrons. The summed E-state index contributed by atoms with van der Waals surface area (Å²) < 4.78 is 5.15. The van der Waals surface area contributed by atoms with Crippen LogP contribution in [0.5, 0.6) is 5.75 Å². The van der Waals surface area contributed by atoms with Gasteiger partial charge in [0.1, 0.15) is 11.4 Å². The SMILES string of the molecule is C=C(NNC(=O)[C@@H](NC(=O)c1ccccc1)c1n[nH]c(=O)c2ccccc12)c1ccc(OC)cc1. The first-order chi connectivity index (χ1) is 17.0. The van der Waals surface area contributed by atoms with E-state index in [1.807, 2.05) is 0 Å². The van der Waals surface area contributed by atoms with Crippen LogP contribution in [0.4, 0.5) is 0 Å². The topological polar surface area (TPSA) is 125 Å². The van der Waals surface area contributed by atoms with Crippen LogP contribution < -0.4 is 26.5 Å². The normalized spacial score (nSPS) is 11.3. The smallest absolute Gasteiger partial charge is 0.272 e. The summed E-state index contributed by atoms with van der Waals surface area (Å²) in [6, 6.07) is 21.1. The maximum Gasteiger partial charge on any atom is 0.272 e. The number of benzene rings is 3. The number of fused-ring (bicyclic) bond motifs is 1. The molecule has 9 nitrogen and oxygen atoms in total. The fourth-order valence-corrected chi connectivity index (χ4v) is 3.49. The number of carbonyl (C=O) groups excluding carboxylic acids is 2. The number of nitrogens with one attached hydrogen (secondary N) is 4. The van der Waals surface area contributed by atoms with Gasteiger partial charge in [-0.1, -0.05) is 43.0 Å². The first-order valence-corrected chi connectivity index (χ1v) is 10.7. The number of ether oxygens (including phenoxy) is 1. The van der Waals surface area contributed by atoms with Gasteiger partial charge in [0.05, 0.1) is 18.2 Å². The van der Waals surface area contributed by atoms with Crippen molar-refractivity contribution in [1.29, 1.82) is 0 Å². The Labute approximate surface area is 200 Å². The Bertz CT molecular complexity index is 1430. The minimum absolute atomic E-state index is 0.193. The molecule has 0 aliphatic heterocycles. The Morgan fingerprint density at radius 2 is 1.54 bits per heavy atom. The van der Waals surface area contributed by atoms with Gasteiger partial charge in [0.2, 0.25) is 0 Å². The molecule has 0 spiro atoms. The molecule has 9 heteroatoms. The second-order valence-electron chi connectivity index (χ2n) is 7.58. The predicted molar refractivity (Wildman–Crippen MR) is 132 cm³/mol. The third kappa shape index (κ3) is 5.19. The lowest BCUT2D eigenvalue weighted by Crippen LogP contribution is -2.45. The molecule has 0 bridgehead atoms. The van der Waals surface area contributed by atoms with Crippen molar-refractivity contribution in [2.24, 2.45) is 0 Å². The summed E-state index contributed by atoms with van der Waals surface area (Å²) in [5, 5.41) is 10.0. The molecule has 0 unspecified atom stereocenters. The zero-order valence-corrected chi connectivity index (χ0v) is 18.9. The number of methoxy groups -OCH3 is 1. The van der Waals surface area contributed by atoms with Crippen LogP contribution in [0.2, 0.25) is 0 Å². The van der Waals surface area contributed by atoms with Crippen LogP contribution in [-0.4, -0.2) is 29.1 Å². The Balaban J connectivity index is 1.62. The van der Waals surface area contributed by atoms with Gasteiger partial charge in [0.25, 0.3) is 17.4 Å². The van der Waals surface area contributed by atoms with Gasteiger partial charge in [-0.2, -0.15) is 5.10 Å². The van der Waals surface area contributed by atoms with Crippen LogP contribution in [0.1, 0.15) is 27.7 Å². The van der Waals surface area contributed by atoms with E-state index >= 15 is 0 Å². The standard InChI is InChI=1S/C26H23N5O4/c1-16(17-12-14-19(35-2)15-13-17)28-31-26(34)23(27-24(32)18-8-4-3-5-9-18)22-20-10-6-7-11-21(20)25(33)30-29-22/h3-15,23,28H,1H2,2H3,(H,27,32)(H,30,33)(H,31,34)/t23-/m0/s1. The summed E-state index contributed by atoms with van der Waals surface area (Å²) in [5.74, 6) is -0.393. The molecule has 35 heavy (non-hydrogen) atoms. The van der Waals surface area contributed by atoms with Crippen LogP contribution >= 0.6 is 0 Å². The minimum atomic E-state index is -1.22. The van der Waals surface area contributed by atoms with E-state index in [2.05, 4.69) is 32.9 Å². The highest BCUT2D eigenvalue weighted by Gasteiger charge is 2.27. The number of H-pyrrole nitrogens is 1. The van der Waals surface area contributed by atoms with Crippen molar-refractivity contribution in [3.63, 3.8) is 0 Å². The van der Waals surface area contributed by atoms with E-state index in [4.69, 9.17) is 4.74 Å². The highest BCUT2D eigenvalue weighted by molar-refractivity contribution is 5.99. The van der Waals surface area contributed by atoms with Gasteiger partial charge in [-0.15, -0.1) is 0 Å². The predicted octanol–water partition coefficient (Wildman–Crippen LogP) is 2.69. The van der Waals surface area contributed by atoms with Crippen LogP contribution in [0.15, 0.2) is 90.2 Å². The van der Waals surface area contributed by atoms with E-state index in [9.17, 15) is 14.4 Å². The van der Waals surface area contributed by atoms with E-state index in [-0.39, 0.29) is 5.69 Å². The lowest BCUT2D eigenvalue weighted by atomic mass is 10.0. The summed E-state index contributed by atoms with van der Waals surface area (Å²) in [4.78, 5) is 38.5. The highest BCUT2D eigenvalue weighted by Crippen LogP contribution is 2.21. The van der Waals surface area contributed by atoms with Crippen molar-refractivity contribution < 1.29 is 14.3 Å². The average Bonchev–Trinajstić information content (AvgIpc) is 2.91. The van der Waals surface area contributed by atoms with Crippen molar-refractivity contribution in [1.82, 2.24) is 26.4 Å². The number of rotatable bonds is 8. The summed E-state index contributed by atoms with van der Waals surface area (Å²) >= 11 is 0. The molecule has 0 aliphatic rings. The van der Waals surface area contributed by atoms with E-state index < -0.39 is 23.4 Å². The largest absolute Gasteiger partial charge is 0.497 e. The first-order valence-electron chi connectivity index (χ1n) is 10.7. The van der Waals surface area contributed by atoms with Gasteiger partial charge in [-0.05, 0) is 48.0 Å². The molecule has 4 N–H and O–H groups in total. The number of aromatic nitrogens is 2. The highest BCUT2D eigenvalue weighted by atomic mass is 16.5. The van der Waals surface area contributed by atoms with Crippen LogP contribution in [0.3, 0.4) is 0 Å². The number of hydrogen-bond donors (Lipinski definition) is 4. The molecule has 1 heterocycles. The van der Waals surface area contributed by atoms with E-state index in [0.29, 0.717) is 27.8 Å². The minimum Gasteiger partial charge on any atom is -0.497 e. The molecule has 1 atom stereocenters. The average molecular weight is 470 g/mol. The maximum absolute atomic E-state index is 13.3. The summed E-state index contributed by atoms with van der Waals surface area (Å²) in [7, 11) is 1.57. The van der Waals surface area contributed by atoms with Gasteiger partial charge >= 0.3 is 0 Å². The zero-order valence-electron chi connectivity index (χ0n) is 18.9. The van der Waals surface area contributed by atoms with E-state index in [1.54, 1.807) is 86.0 Å². The van der Waals surface area contributed by atoms with Crippen molar-refractivity contribution in [2.45, 2.75) is 6.04 Å². The number of aromatic amines is 1. The van der Waals surface area contributed by atoms with Gasteiger partial charge in [-0.25, -0.2) is 5.10 Å². The summed E-state index contributed by atoms with van der Waals surface area (Å²) in [5.41, 5.74) is 6.67. The summed E-state index contributed by atoms with van der Waals surface area (Å²) in [6.45, 7) is 3.94. The van der Waals surface area contributed by atoms with Crippen molar-refractivity contribution in [3.05, 3.63) is 113 Å². The molecule has 0 fully saturated rings. The molecule has 4 rings (SSSR count). The van der Waals surface area contributed by atoms with Crippen molar-refractivity contribution in [2.75, 3.05) is 7.11 Å². The molecule has 1 aromatic heterocycles. The molecule has 0 saturated carbocycles. The Kier molecular flexibility index (Phi) is 6.87. The maximum atomic E-state index is 13.3. The quantitative estimate of drug-likeness (QED) is 0.294. The lowest BCUT2D eigenvalue weighted by Gasteiger charge is -2.20. The van der Waals surface area contributed by atoms with Gasteiger partial charge in [0, 0.05) is 10.9 Å². The fourth-order valence-electron chi connectivity index (χ4n) is 3.49. The second kappa shape index (κ2) is 10.3. The monoisotopic (exact) mass is 469 g/mol. The Morgan fingerprint density at radius 3 is 2.23 bits per heavy atom. The van der Waals surface area contributed by atoms with Crippen LogP contribution in [0.25, 0.3) is 16.5 Å². The fraction of sp³-hybridized carbons (Fsp3) is 0.0769.